The third-order valence-electron chi connectivity index (χ3n) is 1.41. The van der Waals surface area contributed by atoms with Gasteiger partial charge in [0.25, 0.3) is 0 Å². The van der Waals surface area contributed by atoms with Crippen molar-refractivity contribution in [2.45, 2.75) is 13.3 Å². The van der Waals surface area contributed by atoms with Crippen LogP contribution >= 0.6 is 21.4 Å². The highest BCUT2D eigenvalue weighted by Crippen LogP contribution is 2.13. The van der Waals surface area contributed by atoms with E-state index in [0.717, 1.165) is 5.76 Å². The maximum absolute atomic E-state index is 10.1. The molecule has 0 aromatic rings. The van der Waals surface area contributed by atoms with E-state index in [1.54, 1.807) is 12.2 Å². The average molecular weight is 285 g/mol. The van der Waals surface area contributed by atoms with Crippen LogP contribution in [0.15, 0.2) is 29.6 Å². The normalized spacial score (nSPS) is 14.4. The van der Waals surface area contributed by atoms with Crippen LogP contribution in [-0.2, 0) is 17.8 Å². The number of rotatable bonds is 2. The topological polar surface area (TPSA) is 60.4 Å². The quantitative estimate of drug-likeness (QED) is 0.577. The molecule has 0 unspecified atom stereocenters. The maximum atomic E-state index is 10.1. The highest BCUT2D eigenvalue weighted by molar-refractivity contribution is 8.31. The molecule has 90 valence electrons. The third-order valence-corrected chi connectivity index (χ3v) is 1.41. The van der Waals surface area contributed by atoms with Gasteiger partial charge in [-0.3, -0.25) is 0 Å². The van der Waals surface area contributed by atoms with Crippen LogP contribution in [0, 0.1) is 0 Å². The van der Waals surface area contributed by atoms with Crippen LogP contribution in [0.25, 0.3) is 0 Å². The third kappa shape index (κ3) is 9.80. The second-order valence-corrected chi connectivity index (χ2v) is 6.25. The Kier molecular flexibility index (Phi) is 7.17. The number of halogens is 2. The summed E-state index contributed by atoms with van der Waals surface area (Å²) < 4.78 is 23.5. The predicted molar refractivity (Wildman–Crippen MR) is 63.3 cm³/mol. The first-order chi connectivity index (χ1) is 7.36. The number of carbonyl (C=O) groups excluding carboxylic acids is 1. The highest BCUT2D eigenvalue weighted by Gasteiger charge is 2.00. The molecule has 0 N–H and O–H groups in total. The van der Waals surface area contributed by atoms with Gasteiger partial charge in [0.05, 0.1) is 6.61 Å². The highest BCUT2D eigenvalue weighted by atomic mass is 36.0. The van der Waals surface area contributed by atoms with Crippen molar-refractivity contribution >= 4 is 35.6 Å². The summed E-state index contributed by atoms with van der Waals surface area (Å²) in [5, 5.41) is 0. The number of hydrogen-bond acceptors (Lipinski definition) is 4. The Morgan fingerprint density at radius 1 is 1.44 bits per heavy atom. The SMILES string of the molecule is CCOC1=CCC(=C=O)C=C1.O=S(=O)(Cl)Cl. The summed E-state index contributed by atoms with van der Waals surface area (Å²) in [6.07, 6.45) is 6.03. The van der Waals surface area contributed by atoms with Crippen molar-refractivity contribution in [2.75, 3.05) is 6.61 Å². The van der Waals surface area contributed by atoms with Gasteiger partial charge in [-0.15, -0.1) is 0 Å². The molecule has 0 aliphatic heterocycles. The zero-order chi connectivity index (χ0) is 12.6. The zero-order valence-corrected chi connectivity index (χ0v) is 10.8. The molecule has 1 aliphatic rings. The lowest BCUT2D eigenvalue weighted by molar-refractivity contribution is 0.241. The van der Waals surface area contributed by atoms with E-state index < -0.39 is 8.26 Å². The Labute approximate surface area is 103 Å². The van der Waals surface area contributed by atoms with Gasteiger partial charge in [-0.2, -0.15) is 8.42 Å². The zero-order valence-electron chi connectivity index (χ0n) is 8.44. The van der Waals surface area contributed by atoms with E-state index in [4.69, 9.17) is 13.2 Å². The lowest BCUT2D eigenvalue weighted by atomic mass is 10.1. The van der Waals surface area contributed by atoms with Crippen molar-refractivity contribution in [1.29, 1.82) is 0 Å². The summed E-state index contributed by atoms with van der Waals surface area (Å²) in [6.45, 7) is 2.59. The second kappa shape index (κ2) is 7.52. The van der Waals surface area contributed by atoms with Crippen molar-refractivity contribution in [3.8, 4) is 0 Å². The van der Waals surface area contributed by atoms with Crippen LogP contribution in [0.3, 0.4) is 0 Å². The van der Waals surface area contributed by atoms with E-state index in [9.17, 15) is 4.79 Å². The predicted octanol–water partition coefficient (Wildman–Crippen LogP) is 2.33. The van der Waals surface area contributed by atoms with Gasteiger partial charge in [0.15, 0.2) is 0 Å². The summed E-state index contributed by atoms with van der Waals surface area (Å²) in [7, 11) is 4.81. The Hall–Kier alpha value is -0.740. The summed E-state index contributed by atoms with van der Waals surface area (Å²) >= 11 is 0. The van der Waals surface area contributed by atoms with Gasteiger partial charge < -0.3 is 4.74 Å². The van der Waals surface area contributed by atoms with E-state index in [1.165, 1.54) is 0 Å². The minimum Gasteiger partial charge on any atom is -0.494 e. The van der Waals surface area contributed by atoms with Gasteiger partial charge in [0.1, 0.15) is 11.7 Å². The average Bonchev–Trinajstić information content (AvgIpc) is 2.17. The summed E-state index contributed by atoms with van der Waals surface area (Å²) in [6, 6.07) is 0. The smallest absolute Gasteiger partial charge is 0.317 e. The van der Waals surface area contributed by atoms with E-state index in [0.29, 0.717) is 18.6 Å². The van der Waals surface area contributed by atoms with Gasteiger partial charge in [-0.1, -0.05) is 0 Å². The van der Waals surface area contributed by atoms with Crippen LogP contribution in [0.4, 0.5) is 0 Å². The fraction of sp³-hybridized carbons (Fsp3) is 0.333. The molecule has 16 heavy (non-hydrogen) atoms. The monoisotopic (exact) mass is 284 g/mol. The molecule has 4 nitrogen and oxygen atoms in total. The Morgan fingerprint density at radius 2 is 2.00 bits per heavy atom. The van der Waals surface area contributed by atoms with Crippen molar-refractivity contribution in [3.05, 3.63) is 29.6 Å². The molecule has 0 spiro atoms. The first-order valence-corrected chi connectivity index (χ1v) is 7.39. The van der Waals surface area contributed by atoms with E-state index in [-0.39, 0.29) is 0 Å². The Balaban J connectivity index is 0.000000385. The standard InChI is InChI=1S/C9H10O2.Cl2O2S/c1-2-11-9-5-3-8(7-10)4-6-9;1-5(2,3)4/h3,5-6H,2,4H2,1H3;. The first kappa shape index (κ1) is 15.3. The molecule has 0 aromatic carbocycles. The van der Waals surface area contributed by atoms with Crippen LogP contribution in [-0.4, -0.2) is 21.0 Å². The van der Waals surface area contributed by atoms with Gasteiger partial charge in [0, 0.05) is 33.4 Å². The van der Waals surface area contributed by atoms with E-state index in [1.807, 2.05) is 18.9 Å². The van der Waals surface area contributed by atoms with Crippen LogP contribution in [0.2, 0.25) is 0 Å². The van der Waals surface area contributed by atoms with Gasteiger partial charge >= 0.3 is 8.26 Å². The number of ether oxygens (including phenoxy) is 1. The molecule has 0 heterocycles. The summed E-state index contributed by atoms with van der Waals surface area (Å²) in [5.74, 6) is 2.69. The van der Waals surface area contributed by atoms with Crippen molar-refractivity contribution in [2.24, 2.45) is 0 Å². The lowest BCUT2D eigenvalue weighted by Gasteiger charge is -2.06. The summed E-state index contributed by atoms with van der Waals surface area (Å²) in [4.78, 5) is 10.1. The van der Waals surface area contributed by atoms with Gasteiger partial charge in [-0.25, -0.2) is 4.79 Å². The molecular weight excluding hydrogens is 275 g/mol. The van der Waals surface area contributed by atoms with Crippen molar-refractivity contribution < 1.29 is 17.9 Å². The van der Waals surface area contributed by atoms with Crippen LogP contribution in [0.5, 0.6) is 0 Å². The molecule has 0 radical (unpaired) electrons. The van der Waals surface area contributed by atoms with Crippen LogP contribution < -0.4 is 0 Å². The molecule has 0 fully saturated rings. The Morgan fingerprint density at radius 3 is 2.31 bits per heavy atom. The fourth-order valence-corrected chi connectivity index (χ4v) is 0.879. The molecular formula is C9H10Cl2O4S. The summed E-state index contributed by atoms with van der Waals surface area (Å²) in [5.41, 5.74) is 0.674. The van der Waals surface area contributed by atoms with Crippen LogP contribution in [0.1, 0.15) is 13.3 Å². The van der Waals surface area contributed by atoms with E-state index in [2.05, 4.69) is 21.4 Å². The number of allylic oxidation sites excluding steroid dienone is 4. The molecule has 0 saturated heterocycles. The molecule has 7 heteroatoms. The fourth-order valence-electron chi connectivity index (χ4n) is 0.879. The maximum Gasteiger partial charge on any atom is 0.317 e. The van der Waals surface area contributed by atoms with Gasteiger partial charge in [0.2, 0.25) is 0 Å². The Bertz CT molecular complexity index is 422. The minimum atomic E-state index is -3.72. The number of hydrogen-bond donors (Lipinski definition) is 0. The van der Waals surface area contributed by atoms with Crippen molar-refractivity contribution in [1.82, 2.24) is 0 Å². The van der Waals surface area contributed by atoms with Gasteiger partial charge in [-0.05, 0) is 25.2 Å². The molecule has 0 amide bonds. The van der Waals surface area contributed by atoms with Crippen molar-refractivity contribution in [3.63, 3.8) is 0 Å². The molecule has 0 atom stereocenters. The first-order valence-electron chi connectivity index (χ1n) is 4.26. The minimum absolute atomic E-state index is 0.634. The largest absolute Gasteiger partial charge is 0.494 e. The molecule has 0 aromatic heterocycles. The molecule has 1 aliphatic carbocycles. The lowest BCUT2D eigenvalue weighted by Crippen LogP contribution is -1.93. The molecule has 0 bridgehead atoms. The van der Waals surface area contributed by atoms with E-state index >= 15 is 0 Å². The second-order valence-electron chi connectivity index (χ2n) is 2.58. The molecule has 1 rings (SSSR count). The molecule has 0 saturated carbocycles.